The number of aromatic hydroxyl groups is 1. The van der Waals surface area contributed by atoms with Gasteiger partial charge in [-0.25, -0.2) is 4.39 Å². The Hall–Kier alpha value is -3.05. The molecule has 0 atom stereocenters. The molecular weight excluding hydrogens is 343 g/mol. The molecule has 0 saturated heterocycles. The number of H-pyrrole nitrogens is 1. The molecule has 4 rings (SSSR count). The fourth-order valence-electron chi connectivity index (χ4n) is 2.93. The van der Waals surface area contributed by atoms with E-state index in [1.165, 1.54) is 12.1 Å². The van der Waals surface area contributed by atoms with Gasteiger partial charge in [-0.3, -0.25) is 9.36 Å². The van der Waals surface area contributed by atoms with E-state index in [0.717, 1.165) is 0 Å². The summed E-state index contributed by atoms with van der Waals surface area (Å²) in [7, 11) is 0. The van der Waals surface area contributed by atoms with Gasteiger partial charge in [0, 0.05) is 5.69 Å². The molecule has 0 saturated carbocycles. The summed E-state index contributed by atoms with van der Waals surface area (Å²) in [6.07, 6.45) is 0. The van der Waals surface area contributed by atoms with Crippen LogP contribution >= 0.6 is 11.6 Å². The molecule has 4 aromatic rings. The second-order valence-electron chi connectivity index (χ2n) is 5.58. The number of hydrogen-bond acceptors (Lipinski definition) is 2. The fourth-order valence-corrected chi connectivity index (χ4v) is 3.23. The van der Waals surface area contributed by atoms with Crippen LogP contribution in [0.25, 0.3) is 27.8 Å². The van der Waals surface area contributed by atoms with Gasteiger partial charge in [0.1, 0.15) is 16.5 Å². The number of fused-ring (bicyclic) bond motifs is 1. The first-order valence-electron chi connectivity index (χ1n) is 7.54. The molecule has 2 heterocycles. The number of benzene rings is 2. The van der Waals surface area contributed by atoms with E-state index in [0.29, 0.717) is 22.3 Å². The molecule has 0 unspecified atom stereocenters. The highest BCUT2D eigenvalue weighted by Gasteiger charge is 2.19. The van der Waals surface area contributed by atoms with Crippen LogP contribution < -0.4 is 5.56 Å². The van der Waals surface area contributed by atoms with Crippen molar-refractivity contribution in [3.63, 3.8) is 0 Å². The number of pyridine rings is 1. The van der Waals surface area contributed by atoms with Crippen molar-refractivity contribution < 1.29 is 9.50 Å². The highest BCUT2D eigenvalue weighted by atomic mass is 35.5. The summed E-state index contributed by atoms with van der Waals surface area (Å²) in [5.74, 6) is -0.555. The van der Waals surface area contributed by atoms with Crippen molar-refractivity contribution in [3.05, 3.63) is 82.0 Å². The van der Waals surface area contributed by atoms with Gasteiger partial charge in [-0.1, -0.05) is 41.9 Å². The van der Waals surface area contributed by atoms with Crippen LogP contribution in [0.5, 0.6) is 5.75 Å². The van der Waals surface area contributed by atoms with Crippen LogP contribution in [-0.4, -0.2) is 14.7 Å². The number of aromatic amines is 1. The SMILES string of the molecule is O=c1[nH]c2cc(Cl)n(-c3ccc(F)cc3)c2c(O)c1-c1ccccc1. The van der Waals surface area contributed by atoms with E-state index in [1.54, 1.807) is 47.0 Å². The standard InChI is InChI=1S/C19H12ClFN2O2/c20-15-10-14-17(23(15)13-8-6-12(21)7-9-13)18(24)16(19(25)22-14)11-4-2-1-3-5-11/h1-10H,(H2,22,24,25). The fraction of sp³-hybridized carbons (Fsp3) is 0. The third-order valence-corrected chi connectivity index (χ3v) is 4.32. The molecule has 25 heavy (non-hydrogen) atoms. The lowest BCUT2D eigenvalue weighted by atomic mass is 10.1. The van der Waals surface area contributed by atoms with Crippen LogP contribution in [0.2, 0.25) is 5.15 Å². The predicted molar refractivity (Wildman–Crippen MR) is 96.0 cm³/mol. The van der Waals surface area contributed by atoms with Crippen molar-refractivity contribution in [3.8, 4) is 22.6 Å². The Morgan fingerprint density at radius 2 is 1.72 bits per heavy atom. The van der Waals surface area contributed by atoms with Crippen molar-refractivity contribution in [1.82, 2.24) is 9.55 Å². The van der Waals surface area contributed by atoms with Crippen LogP contribution in [0, 0.1) is 5.82 Å². The lowest BCUT2D eigenvalue weighted by molar-refractivity contribution is 0.480. The number of nitrogens with zero attached hydrogens (tertiary/aromatic N) is 1. The van der Waals surface area contributed by atoms with Gasteiger partial charge in [0.15, 0.2) is 5.75 Å². The molecule has 2 aromatic heterocycles. The van der Waals surface area contributed by atoms with E-state index in [1.807, 2.05) is 6.07 Å². The van der Waals surface area contributed by atoms with Crippen LogP contribution in [0.15, 0.2) is 65.5 Å². The van der Waals surface area contributed by atoms with Crippen molar-refractivity contribution in [1.29, 1.82) is 0 Å². The highest BCUT2D eigenvalue weighted by molar-refractivity contribution is 6.31. The first kappa shape index (κ1) is 15.5. The van der Waals surface area contributed by atoms with Gasteiger partial charge >= 0.3 is 0 Å². The summed E-state index contributed by atoms with van der Waals surface area (Å²) in [4.78, 5) is 15.2. The summed E-state index contributed by atoms with van der Waals surface area (Å²) in [5, 5.41) is 11.1. The molecule has 0 bridgehead atoms. The van der Waals surface area contributed by atoms with Crippen LogP contribution in [0.1, 0.15) is 0 Å². The molecule has 6 heteroatoms. The van der Waals surface area contributed by atoms with Crippen molar-refractivity contribution in [2.75, 3.05) is 0 Å². The molecule has 4 nitrogen and oxygen atoms in total. The Balaban J connectivity index is 2.07. The molecule has 0 fully saturated rings. The van der Waals surface area contributed by atoms with Crippen molar-refractivity contribution in [2.45, 2.75) is 0 Å². The number of aromatic nitrogens is 2. The largest absolute Gasteiger partial charge is 0.505 e. The molecular formula is C19H12ClFN2O2. The average Bonchev–Trinajstić information content (AvgIpc) is 2.93. The number of rotatable bonds is 2. The van der Waals surface area contributed by atoms with Gasteiger partial charge in [-0.2, -0.15) is 0 Å². The molecule has 0 amide bonds. The van der Waals surface area contributed by atoms with Crippen LogP contribution in [-0.2, 0) is 0 Å². The normalized spacial score (nSPS) is 11.1. The van der Waals surface area contributed by atoms with E-state index in [2.05, 4.69) is 4.98 Å². The van der Waals surface area contributed by atoms with E-state index in [-0.39, 0.29) is 22.3 Å². The summed E-state index contributed by atoms with van der Waals surface area (Å²) in [6.45, 7) is 0. The zero-order valence-corrected chi connectivity index (χ0v) is 13.6. The predicted octanol–water partition coefficient (Wildman–Crippen LogP) is 4.48. The van der Waals surface area contributed by atoms with E-state index < -0.39 is 5.56 Å². The molecule has 0 aliphatic rings. The molecule has 2 aromatic carbocycles. The van der Waals surface area contributed by atoms with Crippen LogP contribution in [0.3, 0.4) is 0 Å². The van der Waals surface area contributed by atoms with Gasteiger partial charge in [0.05, 0.1) is 11.1 Å². The smallest absolute Gasteiger partial charge is 0.260 e. The number of hydrogen-bond donors (Lipinski definition) is 2. The summed E-state index contributed by atoms with van der Waals surface area (Å²) in [5.41, 5.74) is 1.66. The maximum Gasteiger partial charge on any atom is 0.260 e. The summed E-state index contributed by atoms with van der Waals surface area (Å²) >= 11 is 6.30. The zero-order valence-electron chi connectivity index (χ0n) is 12.8. The van der Waals surface area contributed by atoms with E-state index >= 15 is 0 Å². The van der Waals surface area contributed by atoms with Gasteiger partial charge < -0.3 is 10.1 Å². The molecule has 0 radical (unpaired) electrons. The monoisotopic (exact) mass is 354 g/mol. The lowest BCUT2D eigenvalue weighted by Crippen LogP contribution is -2.09. The third-order valence-electron chi connectivity index (χ3n) is 4.04. The van der Waals surface area contributed by atoms with Gasteiger partial charge in [0.25, 0.3) is 5.56 Å². The minimum atomic E-state index is -0.413. The second-order valence-corrected chi connectivity index (χ2v) is 5.97. The highest BCUT2D eigenvalue weighted by Crippen LogP contribution is 2.36. The van der Waals surface area contributed by atoms with Gasteiger partial charge in [0.2, 0.25) is 0 Å². The van der Waals surface area contributed by atoms with Crippen LogP contribution in [0.4, 0.5) is 4.39 Å². The molecule has 124 valence electrons. The Bertz CT molecular complexity index is 1130. The topological polar surface area (TPSA) is 58.0 Å². The molecule has 0 aliphatic carbocycles. The average molecular weight is 355 g/mol. The second kappa shape index (κ2) is 5.79. The molecule has 0 spiro atoms. The lowest BCUT2D eigenvalue weighted by Gasteiger charge is -2.11. The Morgan fingerprint density at radius 1 is 1.04 bits per heavy atom. The number of nitrogens with one attached hydrogen (secondary N) is 1. The maximum atomic E-state index is 13.2. The minimum Gasteiger partial charge on any atom is -0.505 e. The summed E-state index contributed by atoms with van der Waals surface area (Å²) in [6, 6.07) is 16.1. The summed E-state index contributed by atoms with van der Waals surface area (Å²) < 4.78 is 14.8. The molecule has 2 N–H and O–H groups in total. The number of halogens is 2. The van der Waals surface area contributed by atoms with Crippen molar-refractivity contribution >= 4 is 22.6 Å². The van der Waals surface area contributed by atoms with Gasteiger partial charge in [-0.15, -0.1) is 0 Å². The Labute approximate surface area is 146 Å². The maximum absolute atomic E-state index is 13.2. The van der Waals surface area contributed by atoms with E-state index in [9.17, 15) is 14.3 Å². The first-order chi connectivity index (χ1) is 12.1. The quantitative estimate of drug-likeness (QED) is 0.557. The van der Waals surface area contributed by atoms with Crippen molar-refractivity contribution in [2.24, 2.45) is 0 Å². The minimum absolute atomic E-state index is 0.159. The third kappa shape index (κ3) is 2.49. The zero-order chi connectivity index (χ0) is 17.6. The van der Waals surface area contributed by atoms with Gasteiger partial charge in [-0.05, 0) is 35.9 Å². The Kier molecular flexibility index (Phi) is 3.58. The first-order valence-corrected chi connectivity index (χ1v) is 7.91. The van der Waals surface area contributed by atoms with E-state index in [4.69, 9.17) is 11.6 Å². The Morgan fingerprint density at radius 3 is 2.40 bits per heavy atom. The molecule has 0 aliphatic heterocycles.